The Kier molecular flexibility index (Phi) is 7.45. The van der Waals surface area contributed by atoms with Gasteiger partial charge in [-0.3, -0.25) is 0 Å². The molecule has 0 spiro atoms. The normalized spacial score (nSPS) is 12.8. The molecule has 1 aromatic rings. The summed E-state index contributed by atoms with van der Waals surface area (Å²) in [5.41, 5.74) is -5.75. The van der Waals surface area contributed by atoms with Crippen molar-refractivity contribution in [2.24, 2.45) is 0 Å². The van der Waals surface area contributed by atoms with Crippen molar-refractivity contribution in [3.05, 3.63) is 32.0 Å². The molecular weight excluding hydrogens is 449 g/mol. The minimum absolute atomic E-state index is 0. The van der Waals surface area contributed by atoms with E-state index in [1.54, 1.807) is 0 Å². The average Bonchev–Trinajstić information content (AvgIpc) is 2.14. The van der Waals surface area contributed by atoms with Crippen LogP contribution in [0.3, 0.4) is 0 Å². The minimum atomic E-state index is -6.08. The molecule has 0 aromatic heterocycles. The Morgan fingerprint density at radius 3 is 1.79 bits per heavy atom. The molecule has 0 aliphatic heterocycles. The number of sulfonamides is 2. The molecule has 0 unspecified atom stereocenters. The Hall–Kier alpha value is 1.24. The van der Waals surface area contributed by atoms with Gasteiger partial charge < -0.3 is 4.13 Å². The predicted molar refractivity (Wildman–Crippen MR) is 64.7 cm³/mol. The fourth-order valence-corrected chi connectivity index (χ4v) is 3.38. The van der Waals surface area contributed by atoms with Gasteiger partial charge in [0.05, 0.1) is 0 Å². The molecule has 0 heterocycles. The van der Waals surface area contributed by atoms with E-state index in [0.29, 0.717) is 3.57 Å². The molecule has 12 heteroatoms. The van der Waals surface area contributed by atoms with E-state index in [4.69, 9.17) is 0 Å². The molecule has 5 nitrogen and oxygen atoms in total. The number of nitrogens with zero attached hydrogens (tertiary/aromatic N) is 1. The maximum absolute atomic E-state index is 12.0. The Morgan fingerprint density at radius 2 is 1.42 bits per heavy atom. The van der Waals surface area contributed by atoms with Crippen LogP contribution in [-0.2, 0) is 20.0 Å². The molecule has 19 heavy (non-hydrogen) atoms. The predicted octanol–water partition coefficient (Wildman–Crippen LogP) is -0.793. The van der Waals surface area contributed by atoms with Gasteiger partial charge in [0, 0.05) is 8.47 Å². The van der Waals surface area contributed by atoms with Crippen LogP contribution in [0.4, 0.5) is 13.2 Å². The zero-order valence-electron chi connectivity index (χ0n) is 9.22. The van der Waals surface area contributed by atoms with Crippen LogP contribution in [0.25, 0.3) is 4.13 Å². The van der Waals surface area contributed by atoms with Gasteiger partial charge in [-0.2, -0.15) is 13.2 Å². The Bertz CT molecular complexity index is 642. The number of halogens is 4. The Morgan fingerprint density at radius 1 is 1.00 bits per heavy atom. The van der Waals surface area contributed by atoms with Gasteiger partial charge in [-0.25, -0.2) is 16.8 Å². The van der Waals surface area contributed by atoms with Gasteiger partial charge in [-0.05, 0) is 46.9 Å². The van der Waals surface area contributed by atoms with Gasteiger partial charge in [-0.15, -0.1) is 0 Å². The van der Waals surface area contributed by atoms with E-state index in [0.717, 1.165) is 12.1 Å². The fraction of sp³-hybridized carbons (Fsp3) is 0.143. The molecule has 1 rings (SSSR count). The first-order valence-electron chi connectivity index (χ1n) is 4.02. The van der Waals surface area contributed by atoms with Crippen molar-refractivity contribution >= 4 is 42.6 Å². The van der Waals surface area contributed by atoms with Crippen molar-refractivity contribution in [2.75, 3.05) is 0 Å². The first kappa shape index (κ1) is 20.2. The molecule has 0 amide bonds. The van der Waals surface area contributed by atoms with Crippen molar-refractivity contribution in [3.8, 4) is 0 Å². The molecule has 0 fully saturated rings. The molecule has 0 saturated heterocycles. The smallest absolute Gasteiger partial charge is 0.424 e. The van der Waals surface area contributed by atoms with E-state index >= 15 is 0 Å². The van der Waals surface area contributed by atoms with Gasteiger partial charge in [0.1, 0.15) is 10.0 Å². The van der Waals surface area contributed by atoms with Crippen LogP contribution in [0.15, 0.2) is 29.2 Å². The zero-order valence-corrected chi connectivity index (χ0v) is 16.1. The summed E-state index contributed by atoms with van der Waals surface area (Å²) in [6, 6.07) is 4.52. The van der Waals surface area contributed by atoms with Crippen molar-refractivity contribution in [1.29, 1.82) is 0 Å². The monoisotopic (exact) mass is 453 g/mol. The van der Waals surface area contributed by atoms with E-state index in [1.165, 1.54) is 12.1 Å². The molecule has 0 bridgehead atoms. The van der Waals surface area contributed by atoms with Crippen LogP contribution in [0.2, 0.25) is 0 Å². The largest absolute Gasteiger partial charge is 1.00 e. The van der Waals surface area contributed by atoms with Crippen LogP contribution in [0.1, 0.15) is 0 Å². The van der Waals surface area contributed by atoms with Gasteiger partial charge >= 0.3 is 56.9 Å². The van der Waals surface area contributed by atoms with E-state index < -0.39 is 30.5 Å². The number of rotatable bonds is 3. The van der Waals surface area contributed by atoms with Crippen LogP contribution < -0.4 is 51.4 Å². The number of benzene rings is 1. The second-order valence-corrected chi connectivity index (χ2v) is 7.60. The van der Waals surface area contributed by atoms with Crippen molar-refractivity contribution in [2.45, 2.75) is 10.4 Å². The SMILES string of the molecule is O=S(=O)([N-]S(=O)(=O)C(F)(F)F)c1ccc(I)cc1.[K+]. The second kappa shape index (κ2) is 7.00. The minimum Gasteiger partial charge on any atom is -0.424 e. The standard InChI is InChI=1S/C7H4F3INO4S2.K/c8-7(9,10)18(15,16)12-17(13,14)6-3-1-5(11)2-4-6;/h1-4H;/q-1;+1. The molecule has 0 radical (unpaired) electrons. The third kappa shape index (κ3) is 5.50. The van der Waals surface area contributed by atoms with E-state index in [-0.39, 0.29) is 51.4 Å². The van der Waals surface area contributed by atoms with Gasteiger partial charge in [0.15, 0.2) is 10.0 Å². The Labute approximate surface area is 164 Å². The molecule has 0 atom stereocenters. The quantitative estimate of drug-likeness (QED) is 0.444. The maximum Gasteiger partial charge on any atom is 1.00 e. The fourth-order valence-electron chi connectivity index (χ4n) is 0.821. The third-order valence-corrected chi connectivity index (χ3v) is 5.34. The van der Waals surface area contributed by atoms with Crippen LogP contribution in [0.5, 0.6) is 0 Å². The first-order chi connectivity index (χ1) is 7.96. The molecule has 0 aliphatic carbocycles. The molecular formula is C7H4F3IKNO4S2. The topological polar surface area (TPSA) is 82.4 Å². The summed E-state index contributed by atoms with van der Waals surface area (Å²) in [6.07, 6.45) is 0. The molecule has 0 aliphatic rings. The number of alkyl halides is 3. The van der Waals surface area contributed by atoms with Crippen LogP contribution in [-0.4, -0.2) is 22.3 Å². The summed E-state index contributed by atoms with van der Waals surface area (Å²) >= 11 is 1.84. The average molecular weight is 453 g/mol. The number of hydrogen-bond acceptors (Lipinski definition) is 4. The second-order valence-electron chi connectivity index (χ2n) is 2.92. The van der Waals surface area contributed by atoms with Gasteiger partial charge in [-0.1, -0.05) is 0 Å². The number of hydrogen-bond donors (Lipinski definition) is 0. The first-order valence-corrected chi connectivity index (χ1v) is 7.98. The summed E-state index contributed by atoms with van der Waals surface area (Å²) in [5, 5.41) is 0. The molecule has 0 N–H and O–H groups in total. The van der Waals surface area contributed by atoms with E-state index in [2.05, 4.69) is 0 Å². The van der Waals surface area contributed by atoms with E-state index in [9.17, 15) is 30.0 Å². The molecule has 1 aromatic carbocycles. The van der Waals surface area contributed by atoms with Crippen LogP contribution >= 0.6 is 22.6 Å². The zero-order chi connectivity index (χ0) is 14.2. The summed E-state index contributed by atoms with van der Waals surface area (Å²) in [5.74, 6) is 0. The van der Waals surface area contributed by atoms with Crippen LogP contribution in [0, 0.1) is 3.57 Å². The maximum atomic E-state index is 12.0. The molecule has 102 valence electrons. The Balaban J connectivity index is 0.00000324. The van der Waals surface area contributed by atoms with Gasteiger partial charge in [0.25, 0.3) is 0 Å². The van der Waals surface area contributed by atoms with Crippen molar-refractivity contribution in [3.63, 3.8) is 0 Å². The van der Waals surface area contributed by atoms with Gasteiger partial charge in [0.2, 0.25) is 0 Å². The summed E-state index contributed by atoms with van der Waals surface area (Å²) in [4.78, 5) is -0.629. The molecule has 0 saturated carbocycles. The summed E-state index contributed by atoms with van der Waals surface area (Å²) in [7, 11) is -11.0. The van der Waals surface area contributed by atoms with Crippen molar-refractivity contribution < 1.29 is 81.4 Å². The van der Waals surface area contributed by atoms with E-state index in [1.807, 2.05) is 26.7 Å². The third-order valence-electron chi connectivity index (χ3n) is 1.60. The summed E-state index contributed by atoms with van der Waals surface area (Å²) < 4.78 is 82.5. The summed E-state index contributed by atoms with van der Waals surface area (Å²) in [6.45, 7) is 0. The van der Waals surface area contributed by atoms with Crippen molar-refractivity contribution in [1.82, 2.24) is 0 Å².